The van der Waals surface area contributed by atoms with Crippen molar-refractivity contribution in [2.45, 2.75) is 46.3 Å². The summed E-state index contributed by atoms with van der Waals surface area (Å²) < 4.78 is 5.70. The normalized spacial score (nSPS) is 14.7. The third kappa shape index (κ3) is 3.24. The molecule has 0 saturated heterocycles. The molecule has 0 radical (unpaired) electrons. The first-order valence-electron chi connectivity index (χ1n) is 5.49. The molecule has 1 N–H and O–H groups in total. The van der Waals surface area contributed by atoms with Crippen LogP contribution in [0.5, 0.6) is 5.75 Å². The van der Waals surface area contributed by atoms with Crippen molar-refractivity contribution in [3.05, 3.63) is 29.3 Å². The van der Waals surface area contributed by atoms with E-state index in [2.05, 4.69) is 13.8 Å². The van der Waals surface area contributed by atoms with Crippen molar-refractivity contribution in [1.82, 2.24) is 0 Å². The van der Waals surface area contributed by atoms with Crippen LogP contribution < -0.4 is 4.74 Å². The van der Waals surface area contributed by atoms with Crippen molar-refractivity contribution < 1.29 is 9.84 Å². The monoisotopic (exact) mass is 208 g/mol. The third-order valence-electron chi connectivity index (χ3n) is 2.60. The molecule has 0 fully saturated rings. The Labute approximate surface area is 91.9 Å². The van der Waals surface area contributed by atoms with Gasteiger partial charge in [-0.15, -0.1) is 0 Å². The van der Waals surface area contributed by atoms with Crippen molar-refractivity contribution >= 4 is 0 Å². The predicted octanol–water partition coefficient (Wildman–Crippen LogP) is 3.23. The minimum atomic E-state index is -0.414. The van der Waals surface area contributed by atoms with Gasteiger partial charge in [0.15, 0.2) is 0 Å². The molecule has 2 heteroatoms. The van der Waals surface area contributed by atoms with Gasteiger partial charge in [-0.3, -0.25) is 0 Å². The number of hydrogen-bond donors (Lipinski definition) is 1. The molecule has 0 aliphatic heterocycles. The smallest absolute Gasteiger partial charge is 0.119 e. The van der Waals surface area contributed by atoms with Crippen LogP contribution >= 0.6 is 0 Å². The Morgan fingerprint density at radius 3 is 2.47 bits per heavy atom. The highest BCUT2D eigenvalue weighted by Crippen LogP contribution is 2.23. The molecule has 1 rings (SSSR count). The molecule has 2 nitrogen and oxygen atoms in total. The highest BCUT2D eigenvalue weighted by molar-refractivity contribution is 5.35. The van der Waals surface area contributed by atoms with Crippen LogP contribution in [0.1, 0.15) is 44.4 Å². The lowest BCUT2D eigenvalue weighted by Crippen LogP contribution is -2.10. The Balaban J connectivity index is 2.82. The average molecular weight is 208 g/mol. The molecule has 2 atom stereocenters. The van der Waals surface area contributed by atoms with E-state index in [0.717, 1.165) is 23.3 Å². The van der Waals surface area contributed by atoms with E-state index < -0.39 is 6.10 Å². The summed E-state index contributed by atoms with van der Waals surface area (Å²) in [6.07, 6.45) is 0.821. The molecule has 15 heavy (non-hydrogen) atoms. The highest BCUT2D eigenvalue weighted by atomic mass is 16.5. The van der Waals surface area contributed by atoms with E-state index in [1.54, 1.807) is 6.92 Å². The number of benzene rings is 1. The summed E-state index contributed by atoms with van der Waals surface area (Å²) in [6.45, 7) is 7.92. The molecule has 2 unspecified atom stereocenters. The van der Waals surface area contributed by atoms with Crippen LogP contribution in [0.15, 0.2) is 18.2 Å². The Hall–Kier alpha value is -1.02. The van der Waals surface area contributed by atoms with Gasteiger partial charge in [-0.1, -0.05) is 13.0 Å². The van der Waals surface area contributed by atoms with Gasteiger partial charge in [0.1, 0.15) is 5.75 Å². The summed E-state index contributed by atoms with van der Waals surface area (Å²) >= 11 is 0. The lowest BCUT2D eigenvalue weighted by Gasteiger charge is -2.15. The fraction of sp³-hybridized carbons (Fsp3) is 0.538. The summed E-state index contributed by atoms with van der Waals surface area (Å²) in [5.41, 5.74) is 2.04. The van der Waals surface area contributed by atoms with Crippen LogP contribution in [0.2, 0.25) is 0 Å². The van der Waals surface area contributed by atoms with Gasteiger partial charge >= 0.3 is 0 Å². The second kappa shape index (κ2) is 5.17. The third-order valence-corrected chi connectivity index (χ3v) is 2.60. The molecule has 84 valence electrons. The topological polar surface area (TPSA) is 29.5 Å². The van der Waals surface area contributed by atoms with E-state index >= 15 is 0 Å². The van der Waals surface area contributed by atoms with Crippen LogP contribution in [-0.2, 0) is 0 Å². The Bertz CT molecular complexity index is 318. The molecule has 1 aromatic rings. The zero-order valence-corrected chi connectivity index (χ0v) is 9.95. The van der Waals surface area contributed by atoms with Gasteiger partial charge in [-0.25, -0.2) is 0 Å². The summed E-state index contributed by atoms with van der Waals surface area (Å²) in [4.78, 5) is 0. The van der Waals surface area contributed by atoms with Gasteiger partial charge in [0.2, 0.25) is 0 Å². The summed E-state index contributed by atoms with van der Waals surface area (Å²) in [7, 11) is 0. The fourth-order valence-corrected chi connectivity index (χ4v) is 1.51. The van der Waals surface area contributed by atoms with Crippen molar-refractivity contribution in [2.24, 2.45) is 0 Å². The summed E-state index contributed by atoms with van der Waals surface area (Å²) in [5.74, 6) is 0.881. The van der Waals surface area contributed by atoms with Gasteiger partial charge in [-0.05, 0) is 50.5 Å². The van der Waals surface area contributed by atoms with Gasteiger partial charge < -0.3 is 9.84 Å². The van der Waals surface area contributed by atoms with Crippen LogP contribution in [0, 0.1) is 6.92 Å². The molecule has 0 spiro atoms. The number of aliphatic hydroxyl groups excluding tert-OH is 1. The maximum Gasteiger partial charge on any atom is 0.119 e. The van der Waals surface area contributed by atoms with Crippen LogP contribution in [-0.4, -0.2) is 11.2 Å². The van der Waals surface area contributed by atoms with E-state index in [4.69, 9.17) is 4.74 Å². The van der Waals surface area contributed by atoms with Crippen molar-refractivity contribution in [2.75, 3.05) is 0 Å². The highest BCUT2D eigenvalue weighted by Gasteiger charge is 2.07. The maximum atomic E-state index is 9.48. The van der Waals surface area contributed by atoms with Crippen LogP contribution in [0.4, 0.5) is 0 Å². The van der Waals surface area contributed by atoms with E-state index in [0.29, 0.717) is 0 Å². The first-order chi connectivity index (χ1) is 7.04. The predicted molar refractivity (Wildman–Crippen MR) is 62.2 cm³/mol. The number of hydrogen-bond acceptors (Lipinski definition) is 2. The minimum Gasteiger partial charge on any atom is -0.491 e. The quantitative estimate of drug-likeness (QED) is 0.823. The van der Waals surface area contributed by atoms with Crippen molar-refractivity contribution in [3.63, 3.8) is 0 Å². The van der Waals surface area contributed by atoms with Gasteiger partial charge in [-0.2, -0.15) is 0 Å². The summed E-state index contributed by atoms with van der Waals surface area (Å²) in [5, 5.41) is 9.48. The summed E-state index contributed by atoms with van der Waals surface area (Å²) in [6, 6.07) is 5.83. The lowest BCUT2D eigenvalue weighted by molar-refractivity contribution is 0.197. The zero-order valence-electron chi connectivity index (χ0n) is 9.95. The minimum absolute atomic E-state index is 0.238. The first kappa shape index (κ1) is 12.1. The number of aryl methyl sites for hydroxylation is 1. The molecular weight excluding hydrogens is 188 g/mol. The zero-order chi connectivity index (χ0) is 11.4. The number of rotatable bonds is 4. The number of aliphatic hydroxyl groups is 1. The molecular formula is C13H20O2. The molecule has 0 heterocycles. The Morgan fingerprint density at radius 1 is 1.33 bits per heavy atom. The average Bonchev–Trinajstić information content (AvgIpc) is 2.17. The van der Waals surface area contributed by atoms with Gasteiger partial charge in [0.25, 0.3) is 0 Å². The molecule has 0 amide bonds. The molecule has 0 bridgehead atoms. The van der Waals surface area contributed by atoms with Gasteiger partial charge in [0, 0.05) is 0 Å². The van der Waals surface area contributed by atoms with E-state index in [9.17, 15) is 5.11 Å². The van der Waals surface area contributed by atoms with Crippen LogP contribution in [0.3, 0.4) is 0 Å². The van der Waals surface area contributed by atoms with E-state index in [1.165, 1.54) is 0 Å². The molecule has 0 saturated carbocycles. The SMILES string of the molecule is CCC(C)Oc1ccc(C(C)O)c(C)c1. The maximum absolute atomic E-state index is 9.48. The van der Waals surface area contributed by atoms with E-state index in [1.807, 2.05) is 25.1 Å². The molecule has 0 aliphatic carbocycles. The fourth-order valence-electron chi connectivity index (χ4n) is 1.51. The largest absolute Gasteiger partial charge is 0.491 e. The molecule has 0 aliphatic rings. The standard InChI is InChI=1S/C13H20O2/c1-5-10(3)15-12-6-7-13(11(4)14)9(2)8-12/h6-8,10-11,14H,5H2,1-4H3. The first-order valence-corrected chi connectivity index (χ1v) is 5.49. The van der Waals surface area contributed by atoms with Crippen molar-refractivity contribution in [3.8, 4) is 5.75 Å². The second-order valence-electron chi connectivity index (χ2n) is 4.03. The second-order valence-corrected chi connectivity index (χ2v) is 4.03. The van der Waals surface area contributed by atoms with Crippen molar-refractivity contribution in [1.29, 1.82) is 0 Å². The lowest BCUT2D eigenvalue weighted by atomic mass is 10.0. The van der Waals surface area contributed by atoms with Gasteiger partial charge in [0.05, 0.1) is 12.2 Å². The molecule has 1 aromatic carbocycles. The van der Waals surface area contributed by atoms with E-state index in [-0.39, 0.29) is 6.10 Å². The Kier molecular flexibility index (Phi) is 4.15. The Morgan fingerprint density at radius 2 is 2.00 bits per heavy atom. The molecule has 0 aromatic heterocycles. The van der Waals surface area contributed by atoms with Crippen LogP contribution in [0.25, 0.3) is 0 Å². The number of ether oxygens (including phenoxy) is 1.